The molecule has 2 saturated heterocycles. The Labute approximate surface area is 163 Å². The predicted octanol–water partition coefficient (Wildman–Crippen LogP) is -0.110. The van der Waals surface area contributed by atoms with Gasteiger partial charge in [0, 0.05) is 44.3 Å². The lowest BCUT2D eigenvalue weighted by Crippen LogP contribution is -2.59. The first-order valence-corrected chi connectivity index (χ1v) is 9.75. The van der Waals surface area contributed by atoms with Crippen LogP contribution in [-0.2, 0) is 14.4 Å². The normalized spacial score (nSPS) is 32.2. The van der Waals surface area contributed by atoms with Crippen molar-refractivity contribution in [2.45, 2.75) is 18.9 Å². The maximum Gasteiger partial charge on any atom is 0.321 e. The SMILES string of the molecule is NC(=O)C1CC12CNC(C(=O)O)C(C(=O)N1CCN(c3ccccc3)CC1)C2. The summed E-state index contributed by atoms with van der Waals surface area (Å²) in [6.07, 6.45) is 1.04. The zero-order valence-corrected chi connectivity index (χ0v) is 15.7. The smallest absolute Gasteiger partial charge is 0.321 e. The van der Waals surface area contributed by atoms with Crippen LogP contribution in [0.3, 0.4) is 0 Å². The maximum absolute atomic E-state index is 13.2. The lowest BCUT2D eigenvalue weighted by molar-refractivity contribution is -0.150. The van der Waals surface area contributed by atoms with E-state index in [2.05, 4.69) is 10.2 Å². The summed E-state index contributed by atoms with van der Waals surface area (Å²) in [5.41, 5.74) is 6.22. The predicted molar refractivity (Wildman–Crippen MR) is 103 cm³/mol. The molecule has 0 radical (unpaired) electrons. The van der Waals surface area contributed by atoms with Crippen LogP contribution in [0.25, 0.3) is 0 Å². The van der Waals surface area contributed by atoms with Gasteiger partial charge in [0.15, 0.2) is 0 Å². The number of amides is 2. The van der Waals surface area contributed by atoms with Crippen molar-refractivity contribution in [1.82, 2.24) is 10.2 Å². The average Bonchev–Trinajstić information content (AvgIpc) is 3.41. The third kappa shape index (κ3) is 3.32. The molecule has 1 spiro atoms. The van der Waals surface area contributed by atoms with E-state index >= 15 is 0 Å². The third-order valence-electron chi connectivity index (χ3n) is 6.53. The lowest BCUT2D eigenvalue weighted by Gasteiger charge is -2.41. The number of carboxylic acids is 1. The van der Waals surface area contributed by atoms with Gasteiger partial charge in [-0.1, -0.05) is 18.2 Å². The second kappa shape index (κ2) is 7.09. The van der Waals surface area contributed by atoms with Crippen LogP contribution in [0.5, 0.6) is 0 Å². The van der Waals surface area contributed by atoms with Gasteiger partial charge in [-0.2, -0.15) is 0 Å². The van der Waals surface area contributed by atoms with Crippen molar-refractivity contribution in [3.8, 4) is 0 Å². The molecule has 1 aromatic rings. The van der Waals surface area contributed by atoms with Crippen molar-refractivity contribution in [2.75, 3.05) is 37.6 Å². The van der Waals surface area contributed by atoms with Crippen LogP contribution in [0.1, 0.15) is 12.8 Å². The highest BCUT2D eigenvalue weighted by atomic mass is 16.4. The van der Waals surface area contributed by atoms with Gasteiger partial charge in [0.2, 0.25) is 11.8 Å². The summed E-state index contributed by atoms with van der Waals surface area (Å²) >= 11 is 0. The standard InChI is InChI=1S/C20H26N4O4/c21-17(25)15-11-20(15)10-14(16(19(27)28)22-12-20)18(26)24-8-6-23(7-9-24)13-4-2-1-3-5-13/h1-5,14-16,22H,6-12H2,(H2,21,25)(H,27,28). The number of anilines is 1. The number of benzene rings is 1. The summed E-state index contributed by atoms with van der Waals surface area (Å²) in [7, 11) is 0. The highest BCUT2D eigenvalue weighted by Gasteiger charge is 2.62. The van der Waals surface area contributed by atoms with Crippen LogP contribution in [-0.4, -0.2) is 66.6 Å². The number of rotatable bonds is 4. The molecule has 4 unspecified atom stereocenters. The Morgan fingerprint density at radius 1 is 1.07 bits per heavy atom. The number of carbonyl (C=O) groups excluding carboxylic acids is 2. The first-order chi connectivity index (χ1) is 13.4. The molecule has 2 heterocycles. The summed E-state index contributed by atoms with van der Waals surface area (Å²) in [4.78, 5) is 40.5. The quantitative estimate of drug-likeness (QED) is 0.665. The number of primary amides is 1. The molecule has 0 aromatic heterocycles. The Balaban J connectivity index is 1.43. The van der Waals surface area contributed by atoms with E-state index in [1.165, 1.54) is 0 Å². The van der Waals surface area contributed by atoms with Crippen LogP contribution in [0.2, 0.25) is 0 Å². The highest BCUT2D eigenvalue weighted by Crippen LogP contribution is 2.58. The average molecular weight is 386 g/mol. The van der Waals surface area contributed by atoms with Crippen molar-refractivity contribution in [2.24, 2.45) is 23.0 Å². The molecule has 4 atom stereocenters. The Kier molecular flexibility index (Phi) is 4.74. The van der Waals surface area contributed by atoms with Crippen molar-refractivity contribution in [1.29, 1.82) is 0 Å². The van der Waals surface area contributed by atoms with E-state index in [9.17, 15) is 19.5 Å². The minimum Gasteiger partial charge on any atom is -0.480 e. The molecule has 150 valence electrons. The van der Waals surface area contributed by atoms with E-state index in [1.807, 2.05) is 30.3 Å². The molecule has 4 rings (SSSR count). The fourth-order valence-electron chi connectivity index (χ4n) is 4.80. The first kappa shape index (κ1) is 18.7. The summed E-state index contributed by atoms with van der Waals surface area (Å²) in [6.45, 7) is 2.96. The van der Waals surface area contributed by atoms with E-state index < -0.39 is 17.9 Å². The number of nitrogens with two attached hydrogens (primary N) is 1. The van der Waals surface area contributed by atoms with Gasteiger partial charge in [-0.15, -0.1) is 0 Å². The molecule has 1 aliphatic carbocycles. The number of carboxylic acid groups (broad SMARTS) is 1. The number of nitrogens with one attached hydrogen (secondary N) is 1. The zero-order chi connectivity index (χ0) is 19.9. The molecule has 0 bridgehead atoms. The third-order valence-corrected chi connectivity index (χ3v) is 6.53. The molecule has 8 heteroatoms. The number of hydrogen-bond donors (Lipinski definition) is 3. The van der Waals surface area contributed by atoms with Crippen LogP contribution < -0.4 is 16.0 Å². The maximum atomic E-state index is 13.2. The van der Waals surface area contributed by atoms with Gasteiger partial charge >= 0.3 is 5.97 Å². The van der Waals surface area contributed by atoms with E-state index in [0.29, 0.717) is 45.6 Å². The minimum absolute atomic E-state index is 0.137. The molecule has 2 amide bonds. The van der Waals surface area contributed by atoms with Gasteiger partial charge in [-0.05, 0) is 30.4 Å². The molecular weight excluding hydrogens is 360 g/mol. The summed E-state index contributed by atoms with van der Waals surface area (Å²) in [5, 5.41) is 12.6. The van der Waals surface area contributed by atoms with Crippen molar-refractivity contribution in [3.63, 3.8) is 0 Å². The van der Waals surface area contributed by atoms with Crippen molar-refractivity contribution < 1.29 is 19.5 Å². The van der Waals surface area contributed by atoms with E-state index in [4.69, 9.17) is 5.73 Å². The number of aliphatic carboxylic acids is 1. The zero-order valence-electron chi connectivity index (χ0n) is 15.7. The molecule has 8 nitrogen and oxygen atoms in total. The second-order valence-corrected chi connectivity index (χ2v) is 8.18. The van der Waals surface area contributed by atoms with Crippen molar-refractivity contribution in [3.05, 3.63) is 30.3 Å². The van der Waals surface area contributed by atoms with Gasteiger partial charge in [-0.3, -0.25) is 14.4 Å². The van der Waals surface area contributed by atoms with E-state index in [1.54, 1.807) is 4.90 Å². The van der Waals surface area contributed by atoms with Gasteiger partial charge < -0.3 is 26.0 Å². The number of para-hydroxylation sites is 1. The summed E-state index contributed by atoms with van der Waals surface area (Å²) in [6, 6.07) is 9.12. The molecule has 1 aromatic carbocycles. The first-order valence-electron chi connectivity index (χ1n) is 9.75. The molecule has 3 fully saturated rings. The van der Waals surface area contributed by atoms with Gasteiger partial charge in [-0.25, -0.2) is 0 Å². The second-order valence-electron chi connectivity index (χ2n) is 8.18. The topological polar surface area (TPSA) is 116 Å². The van der Waals surface area contributed by atoms with Crippen LogP contribution in [0.4, 0.5) is 5.69 Å². The highest BCUT2D eigenvalue weighted by molar-refractivity contribution is 5.88. The lowest BCUT2D eigenvalue weighted by atomic mass is 9.80. The fourth-order valence-corrected chi connectivity index (χ4v) is 4.80. The van der Waals surface area contributed by atoms with Gasteiger partial charge in [0.1, 0.15) is 6.04 Å². The van der Waals surface area contributed by atoms with Crippen LogP contribution in [0.15, 0.2) is 30.3 Å². The van der Waals surface area contributed by atoms with Crippen molar-refractivity contribution >= 4 is 23.5 Å². The Morgan fingerprint density at radius 2 is 1.75 bits per heavy atom. The number of piperazine rings is 1. The fraction of sp³-hybridized carbons (Fsp3) is 0.550. The summed E-state index contributed by atoms with van der Waals surface area (Å²) < 4.78 is 0. The molecule has 4 N–H and O–H groups in total. The Hall–Kier alpha value is -2.61. The van der Waals surface area contributed by atoms with Crippen LogP contribution in [0, 0.1) is 17.3 Å². The Bertz CT molecular complexity index is 778. The van der Waals surface area contributed by atoms with Gasteiger partial charge in [0.25, 0.3) is 0 Å². The van der Waals surface area contributed by atoms with E-state index in [-0.39, 0.29) is 23.1 Å². The summed E-state index contributed by atoms with van der Waals surface area (Å²) in [5.74, 6) is -2.45. The number of hydrogen-bond acceptors (Lipinski definition) is 5. The number of nitrogens with zero attached hydrogens (tertiary/aromatic N) is 2. The monoisotopic (exact) mass is 386 g/mol. The molecular formula is C20H26N4O4. The molecule has 2 aliphatic heterocycles. The Morgan fingerprint density at radius 3 is 2.32 bits per heavy atom. The largest absolute Gasteiger partial charge is 0.480 e. The van der Waals surface area contributed by atoms with E-state index in [0.717, 1.165) is 5.69 Å². The number of piperidine rings is 1. The molecule has 1 saturated carbocycles. The van der Waals surface area contributed by atoms with Crippen LogP contribution >= 0.6 is 0 Å². The molecule has 3 aliphatic rings. The number of carbonyl (C=O) groups is 3. The van der Waals surface area contributed by atoms with Gasteiger partial charge in [0.05, 0.1) is 5.92 Å². The molecule has 28 heavy (non-hydrogen) atoms. The minimum atomic E-state index is -1.02.